The molecule has 0 aliphatic carbocycles. The second-order valence-corrected chi connectivity index (χ2v) is 6.48. The van der Waals surface area contributed by atoms with E-state index < -0.39 is 11.8 Å². The largest absolute Gasteiger partial charge is 0.493 e. The molecule has 3 rings (SSSR count). The van der Waals surface area contributed by atoms with Gasteiger partial charge in [0.1, 0.15) is 5.57 Å². The van der Waals surface area contributed by atoms with Crippen molar-refractivity contribution in [2.24, 2.45) is 0 Å². The van der Waals surface area contributed by atoms with E-state index >= 15 is 0 Å². The highest BCUT2D eigenvalue weighted by atomic mass is 127. The Morgan fingerprint density at radius 1 is 1.00 bits per heavy atom. The van der Waals surface area contributed by atoms with Crippen LogP contribution in [0, 0.1) is 3.57 Å². The molecular formula is C18H15IN2O4. The van der Waals surface area contributed by atoms with Crippen LogP contribution in [-0.4, -0.2) is 26.0 Å². The zero-order chi connectivity index (χ0) is 18.0. The zero-order valence-corrected chi connectivity index (χ0v) is 15.7. The van der Waals surface area contributed by atoms with Gasteiger partial charge in [-0.3, -0.25) is 15.0 Å². The minimum atomic E-state index is -0.446. The summed E-state index contributed by atoms with van der Waals surface area (Å²) >= 11 is 2.18. The summed E-state index contributed by atoms with van der Waals surface area (Å²) in [6.45, 7) is 0. The van der Waals surface area contributed by atoms with Gasteiger partial charge in [-0.15, -0.1) is 0 Å². The van der Waals surface area contributed by atoms with Gasteiger partial charge in [-0.05, 0) is 70.6 Å². The molecule has 1 N–H and O–H groups in total. The van der Waals surface area contributed by atoms with Gasteiger partial charge in [-0.25, -0.2) is 5.01 Å². The lowest BCUT2D eigenvalue weighted by atomic mass is 10.1. The molecule has 25 heavy (non-hydrogen) atoms. The van der Waals surface area contributed by atoms with E-state index in [9.17, 15) is 9.59 Å². The summed E-state index contributed by atoms with van der Waals surface area (Å²) < 4.78 is 11.5. The van der Waals surface area contributed by atoms with Crippen molar-refractivity contribution < 1.29 is 19.1 Å². The van der Waals surface area contributed by atoms with Gasteiger partial charge in [0.2, 0.25) is 0 Å². The lowest BCUT2D eigenvalue weighted by Gasteiger charge is -2.14. The van der Waals surface area contributed by atoms with Crippen molar-refractivity contribution in [3.63, 3.8) is 0 Å². The number of nitrogens with one attached hydrogen (secondary N) is 1. The average Bonchev–Trinajstić information content (AvgIpc) is 2.90. The van der Waals surface area contributed by atoms with Crippen LogP contribution in [0.3, 0.4) is 0 Å². The van der Waals surface area contributed by atoms with E-state index in [0.717, 1.165) is 3.57 Å². The maximum atomic E-state index is 12.6. The van der Waals surface area contributed by atoms with E-state index in [0.29, 0.717) is 22.7 Å². The minimum Gasteiger partial charge on any atom is -0.493 e. The van der Waals surface area contributed by atoms with Gasteiger partial charge in [0.25, 0.3) is 11.8 Å². The Morgan fingerprint density at radius 2 is 1.68 bits per heavy atom. The van der Waals surface area contributed by atoms with E-state index in [4.69, 9.17) is 9.47 Å². The standard InChI is InChI=1S/C18H15IN2O4/c1-24-15-8-3-11(10-16(15)25-2)9-14-17(22)20-21(18(14)23)13-6-4-12(19)5-7-13/h3-10H,1-2H3,(H,20,22). The first-order valence-corrected chi connectivity index (χ1v) is 8.46. The number of carbonyl (C=O) groups excluding carboxylic acids is 2. The van der Waals surface area contributed by atoms with Gasteiger partial charge in [0, 0.05) is 3.57 Å². The fourth-order valence-electron chi connectivity index (χ4n) is 2.44. The molecule has 1 heterocycles. The fraction of sp³-hybridized carbons (Fsp3) is 0.111. The molecule has 2 aromatic rings. The second-order valence-electron chi connectivity index (χ2n) is 5.23. The predicted octanol–water partition coefficient (Wildman–Crippen LogP) is 2.77. The molecule has 1 saturated heterocycles. The highest BCUT2D eigenvalue weighted by Crippen LogP contribution is 2.29. The van der Waals surface area contributed by atoms with Crippen molar-refractivity contribution >= 4 is 46.2 Å². The number of ether oxygens (including phenoxy) is 2. The van der Waals surface area contributed by atoms with Crippen LogP contribution in [0.25, 0.3) is 6.08 Å². The van der Waals surface area contributed by atoms with Crippen molar-refractivity contribution in [2.75, 3.05) is 19.2 Å². The lowest BCUT2D eigenvalue weighted by Crippen LogP contribution is -2.35. The molecule has 128 valence electrons. The van der Waals surface area contributed by atoms with E-state index in [1.807, 2.05) is 12.1 Å². The van der Waals surface area contributed by atoms with E-state index in [1.54, 1.807) is 37.4 Å². The number of rotatable bonds is 4. The lowest BCUT2D eigenvalue weighted by molar-refractivity contribution is -0.117. The summed E-state index contributed by atoms with van der Waals surface area (Å²) in [4.78, 5) is 24.8. The Bertz CT molecular complexity index is 862. The van der Waals surface area contributed by atoms with Gasteiger partial charge < -0.3 is 9.47 Å². The monoisotopic (exact) mass is 450 g/mol. The third kappa shape index (κ3) is 3.46. The molecule has 6 nitrogen and oxygen atoms in total. The maximum absolute atomic E-state index is 12.6. The van der Waals surface area contributed by atoms with Crippen LogP contribution < -0.4 is 19.9 Å². The van der Waals surface area contributed by atoms with Crippen LogP contribution in [0.5, 0.6) is 11.5 Å². The van der Waals surface area contributed by atoms with Crippen LogP contribution in [-0.2, 0) is 9.59 Å². The molecule has 0 bridgehead atoms. The van der Waals surface area contributed by atoms with Crippen molar-refractivity contribution in [1.29, 1.82) is 0 Å². The predicted molar refractivity (Wildman–Crippen MR) is 102 cm³/mol. The van der Waals surface area contributed by atoms with E-state index in [2.05, 4.69) is 28.0 Å². The first-order valence-electron chi connectivity index (χ1n) is 7.38. The molecule has 2 amide bonds. The number of benzene rings is 2. The number of anilines is 1. The highest BCUT2D eigenvalue weighted by molar-refractivity contribution is 14.1. The Kier molecular flexibility index (Phi) is 4.93. The Balaban J connectivity index is 1.92. The molecule has 1 aliphatic heterocycles. The molecule has 0 unspecified atom stereocenters. The van der Waals surface area contributed by atoms with Crippen LogP contribution in [0.4, 0.5) is 5.69 Å². The third-order valence-corrected chi connectivity index (χ3v) is 4.41. The summed E-state index contributed by atoms with van der Waals surface area (Å²) in [5, 5.41) is 1.24. The quantitative estimate of drug-likeness (QED) is 0.442. The van der Waals surface area contributed by atoms with Gasteiger partial charge in [-0.2, -0.15) is 0 Å². The average molecular weight is 450 g/mol. The summed E-state index contributed by atoms with van der Waals surface area (Å²) in [7, 11) is 3.07. The van der Waals surface area contributed by atoms with Crippen molar-refractivity contribution in [3.8, 4) is 11.5 Å². The molecule has 0 spiro atoms. The van der Waals surface area contributed by atoms with Crippen molar-refractivity contribution in [1.82, 2.24) is 5.43 Å². The van der Waals surface area contributed by atoms with Gasteiger partial charge in [-0.1, -0.05) is 6.07 Å². The first-order chi connectivity index (χ1) is 12.0. The number of hydrazine groups is 1. The minimum absolute atomic E-state index is 0.0609. The molecule has 2 aromatic carbocycles. The van der Waals surface area contributed by atoms with Gasteiger partial charge >= 0.3 is 0 Å². The number of amides is 2. The molecular weight excluding hydrogens is 435 g/mol. The third-order valence-electron chi connectivity index (χ3n) is 3.69. The summed E-state index contributed by atoms with van der Waals surface area (Å²) in [5.41, 5.74) is 3.91. The molecule has 1 fully saturated rings. The van der Waals surface area contributed by atoms with E-state index in [1.165, 1.54) is 18.2 Å². The van der Waals surface area contributed by atoms with E-state index in [-0.39, 0.29) is 5.57 Å². The first kappa shape index (κ1) is 17.3. The number of hydrogen-bond acceptors (Lipinski definition) is 4. The normalized spacial score (nSPS) is 15.5. The van der Waals surface area contributed by atoms with Gasteiger partial charge in [0.15, 0.2) is 11.5 Å². The van der Waals surface area contributed by atoms with Crippen LogP contribution in [0.2, 0.25) is 0 Å². The van der Waals surface area contributed by atoms with Gasteiger partial charge in [0.05, 0.1) is 19.9 Å². The second kappa shape index (κ2) is 7.14. The zero-order valence-electron chi connectivity index (χ0n) is 13.6. The fourth-order valence-corrected chi connectivity index (χ4v) is 2.80. The Labute approximate surface area is 158 Å². The topological polar surface area (TPSA) is 67.9 Å². The number of halogens is 1. The summed E-state index contributed by atoms with van der Waals surface area (Å²) in [6.07, 6.45) is 1.53. The Hall–Kier alpha value is -2.55. The number of methoxy groups -OCH3 is 2. The van der Waals surface area contributed by atoms with Crippen molar-refractivity contribution in [2.45, 2.75) is 0 Å². The smallest absolute Gasteiger partial charge is 0.282 e. The van der Waals surface area contributed by atoms with Crippen LogP contribution in [0.1, 0.15) is 5.56 Å². The molecule has 1 aliphatic rings. The van der Waals surface area contributed by atoms with Crippen LogP contribution >= 0.6 is 22.6 Å². The molecule has 0 atom stereocenters. The molecule has 7 heteroatoms. The highest BCUT2D eigenvalue weighted by Gasteiger charge is 2.34. The van der Waals surface area contributed by atoms with Crippen molar-refractivity contribution in [3.05, 3.63) is 57.2 Å². The van der Waals surface area contributed by atoms with Crippen LogP contribution in [0.15, 0.2) is 48.0 Å². The summed E-state index contributed by atoms with van der Waals surface area (Å²) in [5.74, 6) is 0.254. The number of nitrogens with zero attached hydrogens (tertiary/aromatic N) is 1. The number of carbonyl (C=O) groups is 2. The maximum Gasteiger partial charge on any atom is 0.282 e. The SMILES string of the molecule is COc1ccc(C=C2C(=O)NN(c3ccc(I)cc3)C2=O)cc1OC. The molecule has 0 radical (unpaired) electrons. The number of hydrogen-bond donors (Lipinski definition) is 1. The molecule has 0 saturated carbocycles. The Morgan fingerprint density at radius 3 is 2.32 bits per heavy atom. The summed E-state index contributed by atoms with van der Waals surface area (Å²) in [6, 6.07) is 12.5. The molecule has 0 aromatic heterocycles.